The molecule has 128 valence electrons. The van der Waals surface area contributed by atoms with Crippen LogP contribution in [0.2, 0.25) is 0 Å². The molecule has 1 fully saturated rings. The van der Waals surface area contributed by atoms with Gasteiger partial charge in [-0.15, -0.1) is 5.10 Å². The number of hydrogen-bond donors (Lipinski definition) is 1. The van der Waals surface area contributed by atoms with E-state index in [1.54, 1.807) is 24.4 Å². The quantitative estimate of drug-likeness (QED) is 0.343. The first-order valence-electron chi connectivity index (χ1n) is 7.06. The van der Waals surface area contributed by atoms with Gasteiger partial charge in [-0.25, -0.2) is 0 Å². The van der Waals surface area contributed by atoms with Crippen molar-refractivity contribution in [3.05, 3.63) is 23.8 Å². The number of rotatable bonds is 7. The van der Waals surface area contributed by atoms with Gasteiger partial charge in [0.15, 0.2) is 16.7 Å². The molecule has 2 rings (SSSR count). The van der Waals surface area contributed by atoms with Gasteiger partial charge in [0.05, 0.1) is 19.1 Å². The van der Waals surface area contributed by atoms with Crippen LogP contribution in [0.5, 0.6) is 11.5 Å². The highest BCUT2D eigenvalue weighted by molar-refractivity contribution is 8.15. The van der Waals surface area contributed by atoms with Gasteiger partial charge in [-0.1, -0.05) is 11.8 Å². The van der Waals surface area contributed by atoms with Gasteiger partial charge in [0, 0.05) is 6.92 Å². The Labute approximate surface area is 143 Å². The number of esters is 1. The average Bonchev–Trinajstić information content (AvgIpc) is 2.97. The molecule has 1 aliphatic rings. The minimum atomic E-state index is -0.352. The Morgan fingerprint density at radius 2 is 2.21 bits per heavy atom. The molecular formula is C15H17N3O5S. The lowest BCUT2D eigenvalue weighted by molar-refractivity contribution is -0.141. The van der Waals surface area contributed by atoms with E-state index in [0.29, 0.717) is 22.4 Å². The SMILES string of the molecule is COc1cc(C=NN=C2NC(=O)CS2)ccc1OCCOC(C)=O. The second-order valence-corrected chi connectivity index (χ2v) is 5.55. The van der Waals surface area contributed by atoms with Crippen LogP contribution in [0.25, 0.3) is 0 Å². The van der Waals surface area contributed by atoms with E-state index < -0.39 is 0 Å². The molecule has 0 aromatic heterocycles. The number of thioether (sulfide) groups is 1. The fourth-order valence-electron chi connectivity index (χ4n) is 1.75. The molecule has 1 aromatic rings. The van der Waals surface area contributed by atoms with Gasteiger partial charge in [0.1, 0.15) is 13.2 Å². The standard InChI is InChI=1S/C15H17N3O5S/c1-10(19)22-5-6-23-12-4-3-11(7-13(12)21-2)8-16-18-15-17-14(20)9-24-15/h3-4,7-8H,5-6,9H2,1-2H3,(H,17,18,20). The summed E-state index contributed by atoms with van der Waals surface area (Å²) in [5, 5.41) is 10.9. The molecule has 1 saturated heterocycles. The fourth-order valence-corrected chi connectivity index (χ4v) is 2.38. The van der Waals surface area contributed by atoms with Crippen LogP contribution in [0, 0.1) is 0 Å². The summed E-state index contributed by atoms with van der Waals surface area (Å²) in [5.74, 6) is 0.993. The van der Waals surface area contributed by atoms with Crippen molar-refractivity contribution >= 4 is 35.0 Å². The van der Waals surface area contributed by atoms with E-state index in [0.717, 1.165) is 5.56 Å². The second-order valence-electron chi connectivity index (χ2n) is 4.59. The number of carbonyl (C=O) groups is 2. The van der Waals surface area contributed by atoms with E-state index in [2.05, 4.69) is 15.5 Å². The lowest BCUT2D eigenvalue weighted by Crippen LogP contribution is -2.19. The minimum absolute atomic E-state index is 0.0779. The van der Waals surface area contributed by atoms with Gasteiger partial charge < -0.3 is 19.5 Å². The molecular weight excluding hydrogens is 334 g/mol. The van der Waals surface area contributed by atoms with Crippen LogP contribution >= 0.6 is 11.8 Å². The predicted octanol–water partition coefficient (Wildman–Crippen LogP) is 1.19. The van der Waals surface area contributed by atoms with Crippen molar-refractivity contribution in [2.45, 2.75) is 6.92 Å². The van der Waals surface area contributed by atoms with Crippen LogP contribution in [-0.2, 0) is 14.3 Å². The van der Waals surface area contributed by atoms with E-state index in [1.807, 2.05) is 0 Å². The van der Waals surface area contributed by atoms with Crippen LogP contribution in [0.15, 0.2) is 28.4 Å². The molecule has 0 unspecified atom stereocenters. The molecule has 0 bridgehead atoms. The molecule has 1 aromatic carbocycles. The van der Waals surface area contributed by atoms with Crippen LogP contribution in [0.1, 0.15) is 12.5 Å². The van der Waals surface area contributed by atoms with Crippen LogP contribution < -0.4 is 14.8 Å². The Morgan fingerprint density at radius 3 is 2.88 bits per heavy atom. The molecule has 9 heteroatoms. The number of methoxy groups -OCH3 is 1. The number of carbonyl (C=O) groups excluding carboxylic acids is 2. The van der Waals surface area contributed by atoms with Crippen LogP contribution in [0.4, 0.5) is 0 Å². The van der Waals surface area contributed by atoms with E-state index in [4.69, 9.17) is 14.2 Å². The van der Waals surface area contributed by atoms with E-state index in [-0.39, 0.29) is 25.1 Å². The number of benzene rings is 1. The predicted molar refractivity (Wildman–Crippen MR) is 90.8 cm³/mol. The molecule has 8 nitrogen and oxygen atoms in total. The third kappa shape index (κ3) is 5.58. The Balaban J connectivity index is 1.95. The Morgan fingerprint density at radius 1 is 1.38 bits per heavy atom. The number of ether oxygens (including phenoxy) is 3. The Kier molecular flexibility index (Phi) is 6.62. The van der Waals surface area contributed by atoms with E-state index in [9.17, 15) is 9.59 Å². The van der Waals surface area contributed by atoms with Crippen LogP contribution in [0.3, 0.4) is 0 Å². The van der Waals surface area contributed by atoms with Crippen molar-refractivity contribution in [3.63, 3.8) is 0 Å². The molecule has 1 amide bonds. The van der Waals surface area contributed by atoms with Gasteiger partial charge in [0.25, 0.3) is 0 Å². The van der Waals surface area contributed by atoms with Crippen molar-refractivity contribution in [3.8, 4) is 11.5 Å². The van der Waals surface area contributed by atoms with Gasteiger partial charge >= 0.3 is 5.97 Å². The Bertz CT molecular complexity index is 675. The number of hydrogen-bond acceptors (Lipinski definition) is 8. The maximum atomic E-state index is 11.0. The highest BCUT2D eigenvalue weighted by Crippen LogP contribution is 2.27. The average molecular weight is 351 g/mol. The first-order valence-corrected chi connectivity index (χ1v) is 8.05. The van der Waals surface area contributed by atoms with Crippen molar-refractivity contribution in [2.24, 2.45) is 10.2 Å². The van der Waals surface area contributed by atoms with E-state index in [1.165, 1.54) is 25.8 Å². The topological polar surface area (TPSA) is 98.6 Å². The van der Waals surface area contributed by atoms with Crippen molar-refractivity contribution in [2.75, 3.05) is 26.1 Å². The second kappa shape index (κ2) is 8.92. The zero-order valence-electron chi connectivity index (χ0n) is 13.3. The molecule has 24 heavy (non-hydrogen) atoms. The zero-order chi connectivity index (χ0) is 17.4. The van der Waals surface area contributed by atoms with Gasteiger partial charge in [-0.05, 0) is 23.8 Å². The third-order valence-corrected chi connectivity index (χ3v) is 3.64. The highest BCUT2D eigenvalue weighted by atomic mass is 32.2. The number of amides is 1. The van der Waals surface area contributed by atoms with Gasteiger partial charge in [-0.2, -0.15) is 5.10 Å². The summed E-state index contributed by atoms with van der Waals surface area (Å²) in [7, 11) is 1.53. The summed E-state index contributed by atoms with van der Waals surface area (Å²) in [4.78, 5) is 21.7. The molecule has 0 saturated carbocycles. The van der Waals surface area contributed by atoms with Gasteiger partial charge in [-0.3, -0.25) is 9.59 Å². The maximum absolute atomic E-state index is 11.0. The smallest absolute Gasteiger partial charge is 0.302 e. The summed E-state index contributed by atoms with van der Waals surface area (Å²) in [6.45, 7) is 1.74. The molecule has 0 atom stereocenters. The molecule has 0 spiro atoms. The molecule has 1 heterocycles. The maximum Gasteiger partial charge on any atom is 0.302 e. The monoisotopic (exact) mass is 351 g/mol. The Hall–Kier alpha value is -2.55. The summed E-state index contributed by atoms with van der Waals surface area (Å²) < 4.78 is 15.6. The van der Waals surface area contributed by atoms with E-state index >= 15 is 0 Å². The van der Waals surface area contributed by atoms with Crippen molar-refractivity contribution in [1.29, 1.82) is 0 Å². The number of amidine groups is 1. The molecule has 0 aliphatic carbocycles. The fraction of sp³-hybridized carbons (Fsp3) is 0.333. The summed E-state index contributed by atoms with van der Waals surface area (Å²) in [6, 6.07) is 5.26. The minimum Gasteiger partial charge on any atom is -0.493 e. The van der Waals surface area contributed by atoms with Crippen LogP contribution in [-0.4, -0.2) is 49.3 Å². The summed E-state index contributed by atoms with van der Waals surface area (Å²) in [6.07, 6.45) is 1.54. The number of nitrogens with one attached hydrogen (secondary N) is 1. The molecule has 0 radical (unpaired) electrons. The van der Waals surface area contributed by atoms with Crippen molar-refractivity contribution in [1.82, 2.24) is 5.32 Å². The van der Waals surface area contributed by atoms with Gasteiger partial charge in [0.2, 0.25) is 5.91 Å². The number of nitrogens with zero attached hydrogens (tertiary/aromatic N) is 2. The summed E-state index contributed by atoms with van der Waals surface area (Å²) in [5.41, 5.74) is 0.762. The summed E-state index contributed by atoms with van der Waals surface area (Å²) >= 11 is 1.30. The highest BCUT2D eigenvalue weighted by Gasteiger charge is 2.15. The first-order chi connectivity index (χ1) is 11.6. The first kappa shape index (κ1) is 17.8. The largest absolute Gasteiger partial charge is 0.493 e. The third-order valence-electron chi connectivity index (χ3n) is 2.78. The lowest BCUT2D eigenvalue weighted by Gasteiger charge is -2.11. The zero-order valence-corrected chi connectivity index (χ0v) is 14.1. The lowest BCUT2D eigenvalue weighted by atomic mass is 10.2. The van der Waals surface area contributed by atoms with Crippen molar-refractivity contribution < 1.29 is 23.8 Å². The molecule has 1 N–H and O–H groups in total. The normalized spacial score (nSPS) is 15.6. The molecule has 1 aliphatic heterocycles.